The maximum Gasteiger partial charge on any atom is 0.337 e. The second-order valence-corrected chi connectivity index (χ2v) is 4.77. The Kier molecular flexibility index (Phi) is 4.21. The van der Waals surface area contributed by atoms with Crippen LogP contribution >= 0.6 is 0 Å². The third kappa shape index (κ3) is 3.14. The van der Waals surface area contributed by atoms with Gasteiger partial charge in [-0.15, -0.1) is 0 Å². The second kappa shape index (κ2) is 5.88. The van der Waals surface area contributed by atoms with Gasteiger partial charge in [0.05, 0.1) is 11.3 Å². The number of carbonyl (C=O) groups is 1. The number of aromatic carboxylic acids is 1. The average Bonchev–Trinajstić information content (AvgIpc) is 2.40. The Morgan fingerprint density at radius 2 is 2.11 bits per heavy atom. The molecular formula is C13H20N4O2. The quantitative estimate of drug-likeness (QED) is 0.840. The van der Waals surface area contributed by atoms with Crippen LogP contribution in [0.3, 0.4) is 0 Å². The first-order valence-corrected chi connectivity index (χ1v) is 6.58. The number of piperazine rings is 1. The van der Waals surface area contributed by atoms with E-state index in [0.717, 1.165) is 39.1 Å². The van der Waals surface area contributed by atoms with Crippen LogP contribution in [0.25, 0.3) is 0 Å². The van der Waals surface area contributed by atoms with Crippen LogP contribution in [-0.2, 0) is 0 Å². The van der Waals surface area contributed by atoms with Crippen molar-refractivity contribution in [2.24, 2.45) is 0 Å². The van der Waals surface area contributed by atoms with E-state index in [4.69, 9.17) is 10.8 Å². The third-order valence-corrected chi connectivity index (χ3v) is 3.35. The molecule has 1 fully saturated rings. The maximum absolute atomic E-state index is 10.8. The Balaban J connectivity index is 2.05. The van der Waals surface area contributed by atoms with E-state index < -0.39 is 5.97 Å². The molecule has 104 valence electrons. The molecule has 1 aromatic heterocycles. The summed E-state index contributed by atoms with van der Waals surface area (Å²) in [6.07, 6.45) is 2.53. The van der Waals surface area contributed by atoms with Gasteiger partial charge in [0.15, 0.2) is 5.82 Å². The molecule has 0 radical (unpaired) electrons. The summed E-state index contributed by atoms with van der Waals surface area (Å²) in [7, 11) is 0. The van der Waals surface area contributed by atoms with E-state index in [2.05, 4.69) is 21.7 Å². The van der Waals surface area contributed by atoms with Crippen molar-refractivity contribution in [1.82, 2.24) is 9.88 Å². The summed E-state index contributed by atoms with van der Waals surface area (Å²) in [4.78, 5) is 19.6. The summed E-state index contributed by atoms with van der Waals surface area (Å²) in [6, 6.07) is 1.48. The average molecular weight is 264 g/mol. The van der Waals surface area contributed by atoms with Crippen LogP contribution in [-0.4, -0.2) is 53.7 Å². The number of nitrogens with two attached hydrogens (primary N) is 1. The number of carboxylic acids is 1. The molecule has 0 aliphatic carbocycles. The van der Waals surface area contributed by atoms with E-state index in [1.807, 2.05) is 0 Å². The highest BCUT2D eigenvalue weighted by atomic mass is 16.4. The molecule has 19 heavy (non-hydrogen) atoms. The maximum atomic E-state index is 10.8. The minimum Gasteiger partial charge on any atom is -0.478 e. The molecule has 0 atom stereocenters. The first kappa shape index (κ1) is 13.6. The fourth-order valence-electron chi connectivity index (χ4n) is 2.36. The van der Waals surface area contributed by atoms with Gasteiger partial charge < -0.3 is 15.7 Å². The number of rotatable bonds is 4. The van der Waals surface area contributed by atoms with Gasteiger partial charge in [-0.05, 0) is 19.0 Å². The van der Waals surface area contributed by atoms with Crippen LogP contribution < -0.4 is 10.6 Å². The molecule has 0 aromatic carbocycles. The van der Waals surface area contributed by atoms with Crippen molar-refractivity contribution in [3.63, 3.8) is 0 Å². The first-order chi connectivity index (χ1) is 9.11. The molecule has 6 heteroatoms. The van der Waals surface area contributed by atoms with Gasteiger partial charge in [0.2, 0.25) is 0 Å². The lowest BCUT2D eigenvalue weighted by Crippen LogP contribution is -2.47. The number of anilines is 2. The summed E-state index contributed by atoms with van der Waals surface area (Å²) in [5.41, 5.74) is 6.47. The molecule has 1 aliphatic rings. The van der Waals surface area contributed by atoms with Gasteiger partial charge in [-0.2, -0.15) is 0 Å². The molecule has 1 saturated heterocycles. The lowest BCUT2D eigenvalue weighted by Gasteiger charge is -2.35. The van der Waals surface area contributed by atoms with Crippen LogP contribution in [0.15, 0.2) is 12.3 Å². The topological polar surface area (TPSA) is 82.7 Å². The zero-order valence-corrected chi connectivity index (χ0v) is 11.2. The first-order valence-electron chi connectivity index (χ1n) is 6.58. The van der Waals surface area contributed by atoms with Gasteiger partial charge >= 0.3 is 5.97 Å². The van der Waals surface area contributed by atoms with Crippen molar-refractivity contribution in [2.75, 3.05) is 43.4 Å². The highest BCUT2D eigenvalue weighted by Crippen LogP contribution is 2.22. The summed E-state index contributed by atoms with van der Waals surface area (Å²) < 4.78 is 0. The number of aromatic nitrogens is 1. The number of hydrogen-bond acceptors (Lipinski definition) is 5. The van der Waals surface area contributed by atoms with Crippen molar-refractivity contribution in [1.29, 1.82) is 0 Å². The molecule has 0 unspecified atom stereocenters. The van der Waals surface area contributed by atoms with E-state index >= 15 is 0 Å². The van der Waals surface area contributed by atoms with Crippen molar-refractivity contribution in [2.45, 2.75) is 13.3 Å². The van der Waals surface area contributed by atoms with Crippen LogP contribution in [0.5, 0.6) is 0 Å². The Morgan fingerprint density at radius 3 is 2.63 bits per heavy atom. The van der Waals surface area contributed by atoms with Crippen LogP contribution in [0.2, 0.25) is 0 Å². The van der Waals surface area contributed by atoms with Crippen molar-refractivity contribution >= 4 is 17.5 Å². The molecule has 1 aliphatic heterocycles. The summed E-state index contributed by atoms with van der Waals surface area (Å²) in [5, 5.41) is 8.89. The van der Waals surface area contributed by atoms with Crippen molar-refractivity contribution < 1.29 is 9.90 Å². The van der Waals surface area contributed by atoms with Gasteiger partial charge in [0, 0.05) is 32.4 Å². The monoisotopic (exact) mass is 264 g/mol. The highest BCUT2D eigenvalue weighted by molar-refractivity contribution is 5.89. The molecule has 0 bridgehead atoms. The number of carboxylic acid groups (broad SMARTS) is 1. The standard InChI is InChI=1S/C13H20N4O2/c1-2-3-16-4-6-17(7-5-16)12-11(14)8-10(9-15-12)13(18)19/h8-9H,2-7,14H2,1H3,(H,18,19). The number of hydrogen-bond donors (Lipinski definition) is 2. The van der Waals surface area contributed by atoms with Gasteiger partial charge in [-0.1, -0.05) is 6.92 Å². The fraction of sp³-hybridized carbons (Fsp3) is 0.538. The minimum atomic E-state index is -1.00. The predicted octanol–water partition coefficient (Wildman–Crippen LogP) is 0.894. The van der Waals surface area contributed by atoms with Crippen LogP contribution in [0.4, 0.5) is 11.5 Å². The molecule has 0 amide bonds. The number of nitrogens with zero attached hydrogens (tertiary/aromatic N) is 3. The number of pyridine rings is 1. The Morgan fingerprint density at radius 1 is 1.42 bits per heavy atom. The molecule has 0 spiro atoms. The molecule has 0 saturated carbocycles. The Hall–Kier alpha value is -1.82. The molecule has 6 nitrogen and oxygen atoms in total. The van der Waals surface area contributed by atoms with E-state index in [-0.39, 0.29) is 5.56 Å². The minimum absolute atomic E-state index is 0.130. The van der Waals surface area contributed by atoms with Gasteiger partial charge in [-0.3, -0.25) is 4.90 Å². The zero-order valence-electron chi connectivity index (χ0n) is 11.2. The number of nitrogen functional groups attached to an aromatic ring is 1. The largest absolute Gasteiger partial charge is 0.478 e. The van der Waals surface area contributed by atoms with Gasteiger partial charge in [-0.25, -0.2) is 9.78 Å². The zero-order chi connectivity index (χ0) is 13.8. The molecule has 1 aromatic rings. The van der Waals surface area contributed by atoms with E-state index in [9.17, 15) is 4.79 Å². The van der Waals surface area contributed by atoms with Crippen molar-refractivity contribution in [3.8, 4) is 0 Å². The van der Waals surface area contributed by atoms with E-state index in [0.29, 0.717) is 11.5 Å². The molecule has 2 rings (SSSR count). The third-order valence-electron chi connectivity index (χ3n) is 3.35. The van der Waals surface area contributed by atoms with E-state index in [1.165, 1.54) is 12.3 Å². The second-order valence-electron chi connectivity index (χ2n) is 4.77. The fourth-order valence-corrected chi connectivity index (χ4v) is 2.36. The van der Waals surface area contributed by atoms with Gasteiger partial charge in [0.25, 0.3) is 0 Å². The molecular weight excluding hydrogens is 244 g/mol. The Bertz CT molecular complexity index is 456. The van der Waals surface area contributed by atoms with Crippen LogP contribution in [0.1, 0.15) is 23.7 Å². The van der Waals surface area contributed by atoms with Crippen molar-refractivity contribution in [3.05, 3.63) is 17.8 Å². The summed E-state index contributed by atoms with van der Waals surface area (Å²) >= 11 is 0. The van der Waals surface area contributed by atoms with Gasteiger partial charge in [0.1, 0.15) is 0 Å². The summed E-state index contributed by atoms with van der Waals surface area (Å²) in [6.45, 7) is 7.05. The SMILES string of the molecule is CCCN1CCN(c2ncc(C(=O)O)cc2N)CC1. The smallest absolute Gasteiger partial charge is 0.337 e. The van der Waals surface area contributed by atoms with E-state index in [1.54, 1.807) is 0 Å². The lowest BCUT2D eigenvalue weighted by atomic mass is 10.2. The predicted molar refractivity (Wildman–Crippen MR) is 74.6 cm³/mol. The highest BCUT2D eigenvalue weighted by Gasteiger charge is 2.19. The molecule has 3 N–H and O–H groups in total. The normalized spacial score (nSPS) is 16.6. The molecule has 2 heterocycles. The van der Waals surface area contributed by atoms with Crippen LogP contribution in [0, 0.1) is 0 Å². The lowest BCUT2D eigenvalue weighted by molar-refractivity contribution is 0.0696. The summed E-state index contributed by atoms with van der Waals surface area (Å²) in [5.74, 6) is -0.306. The Labute approximate surface area is 112 Å².